The maximum atomic E-state index is 6.05. The molecule has 1 aromatic carbocycles. The zero-order valence-corrected chi connectivity index (χ0v) is 12.8. The Labute approximate surface area is 134 Å². The molecule has 0 aliphatic carbocycles. The van der Waals surface area contributed by atoms with Crippen molar-refractivity contribution >= 4 is 28.7 Å². The van der Waals surface area contributed by atoms with Crippen molar-refractivity contribution in [3.63, 3.8) is 0 Å². The third kappa shape index (κ3) is 2.44. The van der Waals surface area contributed by atoms with Gasteiger partial charge >= 0.3 is 0 Å². The first-order valence-electron chi connectivity index (χ1n) is 7.84. The lowest BCUT2D eigenvalue weighted by Gasteiger charge is -2.28. The Hall–Kier alpha value is -2.83. The highest BCUT2D eigenvalue weighted by atomic mass is 15.2. The molecule has 1 aliphatic heterocycles. The van der Waals surface area contributed by atoms with E-state index in [4.69, 9.17) is 11.5 Å². The number of fused-ring (bicyclic) bond motifs is 1. The first kappa shape index (κ1) is 13.8. The van der Waals surface area contributed by atoms with Crippen LogP contribution in [0.5, 0.6) is 0 Å². The Morgan fingerprint density at radius 1 is 0.870 bits per heavy atom. The summed E-state index contributed by atoms with van der Waals surface area (Å²) in [5, 5.41) is 0. The molecule has 4 N–H and O–H groups in total. The molecule has 0 amide bonds. The van der Waals surface area contributed by atoms with E-state index in [-0.39, 0.29) is 5.95 Å². The van der Waals surface area contributed by atoms with E-state index in [1.807, 2.05) is 12.1 Å². The summed E-state index contributed by atoms with van der Waals surface area (Å²) in [5.74, 6) is 0.592. The Bertz CT molecular complexity index is 832. The van der Waals surface area contributed by atoms with Gasteiger partial charge in [-0.1, -0.05) is 0 Å². The van der Waals surface area contributed by atoms with Crippen LogP contribution in [0.2, 0.25) is 0 Å². The van der Waals surface area contributed by atoms with Gasteiger partial charge in [0.05, 0.1) is 11.9 Å². The third-order valence-electron chi connectivity index (χ3n) is 4.27. The number of nitrogens with zero attached hydrogens (tertiary/aromatic N) is 5. The maximum Gasteiger partial charge on any atom is 0.222 e. The number of aromatic nitrogens is 4. The highest BCUT2D eigenvalue weighted by molar-refractivity contribution is 5.77. The fraction of sp³-hybridized carbons (Fsp3) is 0.312. The Kier molecular flexibility index (Phi) is 3.25. The molecule has 0 unspecified atom stereocenters. The Morgan fingerprint density at radius 3 is 2.30 bits per heavy atom. The molecule has 0 atom stereocenters. The lowest BCUT2D eigenvalue weighted by molar-refractivity contribution is 0.578. The van der Waals surface area contributed by atoms with Gasteiger partial charge in [0.15, 0.2) is 5.65 Å². The van der Waals surface area contributed by atoms with Crippen LogP contribution in [-0.4, -0.2) is 32.6 Å². The van der Waals surface area contributed by atoms with Gasteiger partial charge in [-0.05, 0) is 43.5 Å². The second-order valence-electron chi connectivity index (χ2n) is 5.81. The van der Waals surface area contributed by atoms with E-state index in [0.717, 1.165) is 18.8 Å². The fourth-order valence-electron chi connectivity index (χ4n) is 3.12. The highest BCUT2D eigenvalue weighted by Crippen LogP contribution is 2.25. The molecular formula is C16H19N7. The number of benzene rings is 1. The van der Waals surface area contributed by atoms with Gasteiger partial charge in [-0.3, -0.25) is 4.57 Å². The van der Waals surface area contributed by atoms with E-state index in [1.165, 1.54) is 24.9 Å². The van der Waals surface area contributed by atoms with Crippen molar-refractivity contribution < 1.29 is 0 Å². The molecule has 1 aliphatic rings. The molecule has 0 radical (unpaired) electrons. The first-order valence-corrected chi connectivity index (χ1v) is 7.84. The van der Waals surface area contributed by atoms with Gasteiger partial charge in [0, 0.05) is 18.8 Å². The lowest BCUT2D eigenvalue weighted by atomic mass is 10.1. The zero-order valence-electron chi connectivity index (χ0n) is 12.8. The molecule has 2 aromatic heterocycles. The van der Waals surface area contributed by atoms with E-state index < -0.39 is 0 Å². The van der Waals surface area contributed by atoms with E-state index in [9.17, 15) is 0 Å². The van der Waals surface area contributed by atoms with Gasteiger partial charge in [0.25, 0.3) is 0 Å². The molecule has 3 aromatic rings. The maximum absolute atomic E-state index is 6.05. The summed E-state index contributed by atoms with van der Waals surface area (Å²) in [5.41, 5.74) is 15.2. The van der Waals surface area contributed by atoms with E-state index in [1.54, 1.807) is 10.8 Å². The van der Waals surface area contributed by atoms with E-state index >= 15 is 0 Å². The van der Waals surface area contributed by atoms with Gasteiger partial charge in [0.2, 0.25) is 11.9 Å². The molecule has 23 heavy (non-hydrogen) atoms. The average molecular weight is 309 g/mol. The SMILES string of the molecule is Nc1ncc2nc(N)n(-c3ccc(N4CCCCC4)cc3)c2n1. The minimum atomic E-state index is 0.212. The summed E-state index contributed by atoms with van der Waals surface area (Å²) in [6.45, 7) is 2.25. The number of piperidine rings is 1. The minimum Gasteiger partial charge on any atom is -0.372 e. The average Bonchev–Trinajstić information content (AvgIpc) is 2.91. The first-order chi connectivity index (χ1) is 11.2. The van der Waals surface area contributed by atoms with E-state index in [0.29, 0.717) is 17.1 Å². The van der Waals surface area contributed by atoms with Gasteiger partial charge in [-0.2, -0.15) is 4.98 Å². The molecule has 0 saturated carbocycles. The van der Waals surface area contributed by atoms with Crippen molar-refractivity contribution in [3.8, 4) is 5.69 Å². The number of nitrogen functional groups attached to an aromatic ring is 2. The highest BCUT2D eigenvalue weighted by Gasteiger charge is 2.14. The summed E-state index contributed by atoms with van der Waals surface area (Å²) in [7, 11) is 0. The number of anilines is 3. The van der Waals surface area contributed by atoms with Crippen LogP contribution >= 0.6 is 0 Å². The van der Waals surface area contributed by atoms with Crippen molar-refractivity contribution in [1.29, 1.82) is 0 Å². The summed E-state index contributed by atoms with van der Waals surface area (Å²) in [6.07, 6.45) is 5.44. The van der Waals surface area contributed by atoms with Crippen LogP contribution in [0.4, 0.5) is 17.6 Å². The van der Waals surface area contributed by atoms with Crippen molar-refractivity contribution in [2.75, 3.05) is 29.5 Å². The van der Waals surface area contributed by atoms with Crippen LogP contribution in [0, 0.1) is 0 Å². The predicted molar refractivity (Wildman–Crippen MR) is 91.5 cm³/mol. The number of hydrogen-bond acceptors (Lipinski definition) is 6. The van der Waals surface area contributed by atoms with Crippen molar-refractivity contribution in [3.05, 3.63) is 30.5 Å². The van der Waals surface area contributed by atoms with Gasteiger partial charge in [-0.25, -0.2) is 9.97 Å². The monoisotopic (exact) mass is 309 g/mol. The van der Waals surface area contributed by atoms with Gasteiger partial charge in [-0.15, -0.1) is 0 Å². The standard InChI is InChI=1S/C16H19N7/c17-15-19-10-13-14(21-15)23(16(18)20-13)12-6-4-11(5-7-12)22-8-2-1-3-9-22/h4-7,10H,1-3,8-9H2,(H2,18,20)(H2,17,19,21). The second kappa shape index (κ2) is 5.42. The number of rotatable bonds is 2. The van der Waals surface area contributed by atoms with Crippen LogP contribution < -0.4 is 16.4 Å². The molecule has 7 nitrogen and oxygen atoms in total. The quantitative estimate of drug-likeness (QED) is 0.751. The lowest BCUT2D eigenvalue weighted by Crippen LogP contribution is -2.29. The number of imidazole rings is 1. The minimum absolute atomic E-state index is 0.212. The number of hydrogen-bond donors (Lipinski definition) is 2. The molecule has 0 bridgehead atoms. The molecule has 7 heteroatoms. The zero-order chi connectivity index (χ0) is 15.8. The summed E-state index contributed by atoms with van der Waals surface area (Å²) in [4.78, 5) is 14.9. The normalized spacial score (nSPS) is 15.2. The van der Waals surface area contributed by atoms with Crippen LogP contribution in [0.15, 0.2) is 30.5 Å². The van der Waals surface area contributed by atoms with Crippen molar-refractivity contribution in [2.45, 2.75) is 19.3 Å². The smallest absolute Gasteiger partial charge is 0.222 e. The molecule has 1 fully saturated rings. The topological polar surface area (TPSA) is 98.9 Å². The predicted octanol–water partition coefficient (Wildman–Crippen LogP) is 1.97. The number of nitrogens with two attached hydrogens (primary N) is 2. The van der Waals surface area contributed by atoms with Crippen molar-refractivity contribution in [1.82, 2.24) is 19.5 Å². The van der Waals surface area contributed by atoms with Crippen LogP contribution in [0.3, 0.4) is 0 Å². The van der Waals surface area contributed by atoms with E-state index in [2.05, 4.69) is 32.0 Å². The summed E-state index contributed by atoms with van der Waals surface area (Å²) in [6, 6.07) is 8.33. The molecular weight excluding hydrogens is 290 g/mol. The van der Waals surface area contributed by atoms with Crippen LogP contribution in [0.1, 0.15) is 19.3 Å². The summed E-state index contributed by atoms with van der Waals surface area (Å²) >= 11 is 0. The second-order valence-corrected chi connectivity index (χ2v) is 5.81. The molecule has 3 heterocycles. The Balaban J connectivity index is 1.73. The largest absolute Gasteiger partial charge is 0.372 e. The fourth-order valence-corrected chi connectivity index (χ4v) is 3.12. The summed E-state index contributed by atoms with van der Waals surface area (Å²) < 4.78 is 1.80. The van der Waals surface area contributed by atoms with Gasteiger partial charge < -0.3 is 16.4 Å². The van der Waals surface area contributed by atoms with Gasteiger partial charge in [0.1, 0.15) is 5.52 Å². The van der Waals surface area contributed by atoms with Crippen molar-refractivity contribution in [2.24, 2.45) is 0 Å². The third-order valence-corrected chi connectivity index (χ3v) is 4.27. The molecule has 4 rings (SSSR count). The molecule has 0 spiro atoms. The molecule has 1 saturated heterocycles. The Morgan fingerprint density at radius 2 is 1.57 bits per heavy atom. The van der Waals surface area contributed by atoms with Crippen LogP contribution in [0.25, 0.3) is 16.9 Å². The van der Waals surface area contributed by atoms with Crippen LogP contribution in [-0.2, 0) is 0 Å². The molecule has 118 valence electrons.